The van der Waals surface area contributed by atoms with Crippen LogP contribution in [0, 0.1) is 23.2 Å². The number of tetrazole rings is 1. The molecular weight excluding hydrogens is 1160 g/mol. The summed E-state index contributed by atoms with van der Waals surface area (Å²) in [4.78, 5) is 8.92. The van der Waals surface area contributed by atoms with E-state index in [0.717, 1.165) is 38.0 Å². The molecule has 1 N–H and O–H groups in total. The Labute approximate surface area is 474 Å². The Hall–Kier alpha value is -6.37. The van der Waals surface area contributed by atoms with Crippen LogP contribution in [-0.2, 0) is 55.6 Å². The van der Waals surface area contributed by atoms with Crippen LogP contribution in [-0.4, -0.2) is 62.8 Å². The zero-order valence-corrected chi connectivity index (χ0v) is 51.2. The van der Waals surface area contributed by atoms with Gasteiger partial charge in [-0.1, -0.05) is 145 Å². The van der Waals surface area contributed by atoms with E-state index in [-0.39, 0.29) is 21.9 Å². The number of alkyl halides is 6. The minimum absolute atomic E-state index is 0.0455. The number of benzene rings is 4. The van der Waals surface area contributed by atoms with E-state index in [1.54, 1.807) is 0 Å². The van der Waals surface area contributed by atoms with Gasteiger partial charge < -0.3 is 23.3 Å². The van der Waals surface area contributed by atoms with E-state index in [0.29, 0.717) is 102 Å². The molecule has 7 aromatic rings. The van der Waals surface area contributed by atoms with Crippen molar-refractivity contribution in [3.05, 3.63) is 133 Å². The molecule has 0 amide bonds. The molecule has 22 heteroatoms. The van der Waals surface area contributed by atoms with Crippen molar-refractivity contribution in [3.8, 4) is 17.6 Å². The van der Waals surface area contributed by atoms with Crippen molar-refractivity contribution in [1.82, 2.24) is 30.9 Å². The summed E-state index contributed by atoms with van der Waals surface area (Å²) in [6, 6.07) is 20.9. The van der Waals surface area contributed by atoms with Crippen molar-refractivity contribution >= 4 is 40.6 Å². The van der Waals surface area contributed by atoms with Crippen LogP contribution < -0.4 is 9.47 Å². The molecule has 0 spiro atoms. The molecule has 0 bridgehead atoms. The van der Waals surface area contributed by atoms with E-state index in [1.807, 2.05) is 76.2 Å². The Bertz CT molecular complexity index is 3130. The van der Waals surface area contributed by atoms with Gasteiger partial charge in [-0.25, -0.2) is 0 Å². The van der Waals surface area contributed by atoms with Crippen molar-refractivity contribution in [2.75, 3.05) is 13.2 Å². The van der Waals surface area contributed by atoms with Crippen molar-refractivity contribution in [2.45, 2.75) is 172 Å². The number of hydrogen-bond acceptors (Lipinski definition) is 12. The average Bonchev–Trinajstić information content (AvgIpc) is 4.49. The first-order valence-electron chi connectivity index (χ1n) is 27.8. The second-order valence-corrected chi connectivity index (χ2v) is 34.7. The molecule has 1 aliphatic rings. The van der Waals surface area contributed by atoms with Gasteiger partial charge in [0.25, 0.3) is 0 Å². The molecule has 1 aliphatic heterocycles. The zero-order chi connectivity index (χ0) is 59.5. The summed E-state index contributed by atoms with van der Waals surface area (Å²) in [5.41, 5.74) is 12.3. The Kier molecular flexibility index (Phi) is 24.7. The molecule has 1 fully saturated rings. The molecule has 0 aliphatic carbocycles. The van der Waals surface area contributed by atoms with Crippen LogP contribution >= 0.6 is 0 Å². The third-order valence-corrected chi connectivity index (χ3v) is 14.5. The van der Waals surface area contributed by atoms with Crippen molar-refractivity contribution < 1.29 is 49.6 Å². The number of aromatic nitrogens is 6. The number of H-pyrrole nitrogens is 1. The molecule has 4 heterocycles. The first-order valence-corrected chi connectivity index (χ1v) is 37.6. The van der Waals surface area contributed by atoms with E-state index in [1.165, 1.54) is 36.1 Å². The number of nitriles is 1. The predicted octanol–water partition coefficient (Wildman–Crippen LogP) is 17.2. The predicted molar refractivity (Wildman–Crippen MR) is 302 cm³/mol. The quantitative estimate of drug-likeness (QED) is 0.0250. The van der Waals surface area contributed by atoms with Crippen LogP contribution in [0.3, 0.4) is 0 Å². The van der Waals surface area contributed by atoms with Crippen molar-refractivity contribution in [3.63, 3.8) is 0 Å². The summed E-state index contributed by atoms with van der Waals surface area (Å²) in [7, 11) is 0. The van der Waals surface area contributed by atoms with Gasteiger partial charge in [0.1, 0.15) is 17.6 Å². The van der Waals surface area contributed by atoms with Crippen molar-refractivity contribution in [2.24, 2.45) is 15.2 Å². The van der Waals surface area contributed by atoms with Gasteiger partial charge in [-0.2, -0.15) is 36.8 Å². The number of hydrogen-bond donors (Lipinski definition) is 1. The topological polar surface area (TPSA) is 207 Å². The number of fused-ring (bicyclic) bond motifs is 2. The van der Waals surface area contributed by atoms with E-state index in [9.17, 15) is 31.6 Å². The Balaban J connectivity index is 0.000000247. The van der Waals surface area contributed by atoms with Crippen LogP contribution in [0.5, 0.6) is 11.5 Å². The number of nitrogens with one attached hydrogen (secondary N) is 1. The standard InChI is InChI=1S/C26H30F3N5O2.C26H29F3N2O2.C4H8O.3CH3.N3.Sn/c1-5-7-18-14-20-23(36-32-24(20)26(27,28)29)19(8-6-2)21(18)35-22(25-30-33-34-31-25)17-11-9-16(10-12-17)13-15(3)4;1-5-7-19-14-21-24(33-31-25(21)26(27,28)29)20(8-6-2)23(19)32-22(15-30)18-11-9-17(10-12-18)13-16(3)4;1-2-4-5-3-1;;;;1-3-2;/h9-12,14-15,22H,5-8,13H2,1-4H3,(H,30,31,33,34);9-12,14,16,22H,5-8,13H2,1-4H3;1-4H2;3*1H3;;/q;;;;;;-1;+1. The Morgan fingerprint density at radius 1 is 0.691 bits per heavy atom. The van der Waals surface area contributed by atoms with Gasteiger partial charge in [-0.15, -0.1) is 10.2 Å². The third kappa shape index (κ3) is 18.8. The van der Waals surface area contributed by atoms with E-state index >= 15 is 0 Å². The number of azide groups is 1. The number of halogens is 6. The Morgan fingerprint density at radius 3 is 1.47 bits per heavy atom. The van der Waals surface area contributed by atoms with Crippen LogP contribution in [0.4, 0.5) is 26.3 Å². The maximum absolute atomic E-state index is 13.6. The van der Waals surface area contributed by atoms with E-state index in [4.69, 9.17) is 28.8 Å². The average molecular weight is 1240 g/mol. The molecule has 1 saturated heterocycles. The van der Waals surface area contributed by atoms with Gasteiger partial charge in [-0.3, -0.25) is 0 Å². The first-order chi connectivity index (χ1) is 38.5. The SMILES string of the molecule is C1CCOC1.CCCc1cc2c(C(F)(F)F)noc2c(CCC)c1OC(C#N)c1ccc(CC(C)C)cc1.CCCc1cc2c(C(F)(F)F)noc2c(CCC)c1OC(c1ccc(CC(C)C)cc1)c1nn[nH]n1.[CH3][Sn]([CH3])([CH3])[N]=[N+]=[N-]. The molecule has 15 nitrogen and oxygen atoms in total. The molecule has 438 valence electrons. The molecule has 0 radical (unpaired) electrons. The molecule has 0 saturated carbocycles. The number of ether oxygens (including phenoxy) is 3. The second-order valence-electron chi connectivity index (χ2n) is 21.8. The number of nitrogens with zero attached hydrogens (tertiary/aromatic N) is 9. The number of aromatic amines is 1. The van der Waals surface area contributed by atoms with Crippen LogP contribution in [0.1, 0.15) is 168 Å². The molecular formula is C59H76F6N10O5Sn. The van der Waals surface area contributed by atoms with Crippen LogP contribution in [0.25, 0.3) is 32.4 Å². The van der Waals surface area contributed by atoms with E-state index in [2.05, 4.69) is 87.8 Å². The summed E-state index contributed by atoms with van der Waals surface area (Å²) >= 11 is -2.07. The Morgan fingerprint density at radius 2 is 1.14 bits per heavy atom. The fraction of sp³-hybridized carbons (Fsp3) is 0.525. The molecule has 2 atom stereocenters. The van der Waals surface area contributed by atoms with Gasteiger partial charge in [-0.05, 0) is 97.6 Å². The summed E-state index contributed by atoms with van der Waals surface area (Å²) in [5.74, 6) is 2.27. The summed E-state index contributed by atoms with van der Waals surface area (Å²) in [6.45, 7) is 18.4. The monoisotopic (exact) mass is 1240 g/mol. The second kappa shape index (κ2) is 30.6. The maximum atomic E-state index is 13.6. The zero-order valence-electron chi connectivity index (χ0n) is 48.3. The first kappa shape index (κ1) is 65.4. The molecule has 3 aromatic heterocycles. The molecule has 4 aromatic carbocycles. The fourth-order valence-electron chi connectivity index (χ4n) is 9.14. The van der Waals surface area contributed by atoms with Crippen LogP contribution in [0.2, 0.25) is 14.8 Å². The van der Waals surface area contributed by atoms with Gasteiger partial charge in [0, 0.05) is 35.5 Å². The molecule has 8 rings (SSSR count). The summed E-state index contributed by atoms with van der Waals surface area (Å²) in [5, 5.41) is 30.9. The third-order valence-electron chi connectivity index (χ3n) is 12.6. The van der Waals surface area contributed by atoms with Gasteiger partial charge in [0.15, 0.2) is 28.7 Å². The summed E-state index contributed by atoms with van der Waals surface area (Å²) < 4.78 is 113. The van der Waals surface area contributed by atoms with Gasteiger partial charge in [0.2, 0.25) is 11.9 Å². The molecule has 2 unspecified atom stereocenters. The summed E-state index contributed by atoms with van der Waals surface area (Å²) in [6.07, 6.45) is -1.70. The normalized spacial score (nSPS) is 13.4. The minimum atomic E-state index is -4.62. The van der Waals surface area contributed by atoms with Crippen molar-refractivity contribution in [1.29, 1.82) is 5.26 Å². The van der Waals surface area contributed by atoms with Gasteiger partial charge >= 0.3 is 59.6 Å². The van der Waals surface area contributed by atoms with E-state index < -0.39 is 54.6 Å². The molecule has 81 heavy (non-hydrogen) atoms. The number of aryl methyl sites for hydroxylation is 4. The fourth-order valence-corrected chi connectivity index (χ4v) is 9.90. The number of rotatable bonds is 20. The van der Waals surface area contributed by atoms with Gasteiger partial charge in [0.05, 0.1) is 10.8 Å². The van der Waals surface area contributed by atoms with Crippen LogP contribution in [0.15, 0.2) is 73.0 Å².